The summed E-state index contributed by atoms with van der Waals surface area (Å²) in [5.41, 5.74) is 0.986. The predicted octanol–water partition coefficient (Wildman–Crippen LogP) is 2.02. The molecular formula is C21H20ClN3O6S. The maximum absolute atomic E-state index is 13.0. The summed E-state index contributed by atoms with van der Waals surface area (Å²) in [5.74, 6) is -1.74. The van der Waals surface area contributed by atoms with Crippen LogP contribution >= 0.6 is 11.6 Å². The van der Waals surface area contributed by atoms with Gasteiger partial charge >= 0.3 is 5.97 Å². The number of fused-ring (bicyclic) bond motifs is 1. The van der Waals surface area contributed by atoms with Gasteiger partial charge in [0.25, 0.3) is 5.91 Å². The molecule has 11 heteroatoms. The normalized spacial score (nSPS) is 18.7. The average Bonchev–Trinajstić information content (AvgIpc) is 3.28. The lowest BCUT2D eigenvalue weighted by Crippen LogP contribution is -2.45. The van der Waals surface area contributed by atoms with Gasteiger partial charge in [-0.1, -0.05) is 23.7 Å². The van der Waals surface area contributed by atoms with Gasteiger partial charge in [-0.3, -0.25) is 19.3 Å². The fourth-order valence-corrected chi connectivity index (χ4v) is 5.54. The Morgan fingerprint density at radius 3 is 2.59 bits per heavy atom. The summed E-state index contributed by atoms with van der Waals surface area (Å²) in [6, 6.07) is 11.4. The molecule has 0 saturated carbocycles. The van der Waals surface area contributed by atoms with E-state index in [4.69, 9.17) is 16.3 Å². The molecule has 168 valence electrons. The van der Waals surface area contributed by atoms with Crippen LogP contribution in [0.2, 0.25) is 5.02 Å². The molecule has 0 aliphatic carbocycles. The summed E-state index contributed by atoms with van der Waals surface area (Å²) >= 11 is 5.83. The average molecular weight is 478 g/mol. The molecule has 0 spiro atoms. The van der Waals surface area contributed by atoms with E-state index in [0.29, 0.717) is 22.8 Å². The first-order valence-corrected chi connectivity index (χ1v) is 11.7. The van der Waals surface area contributed by atoms with Crippen molar-refractivity contribution in [1.29, 1.82) is 0 Å². The molecule has 2 aliphatic heterocycles. The van der Waals surface area contributed by atoms with Crippen LogP contribution in [0.3, 0.4) is 0 Å². The summed E-state index contributed by atoms with van der Waals surface area (Å²) in [7, 11) is -3.93. The zero-order valence-electron chi connectivity index (χ0n) is 16.9. The van der Waals surface area contributed by atoms with E-state index in [2.05, 4.69) is 5.32 Å². The van der Waals surface area contributed by atoms with E-state index < -0.39 is 34.5 Å². The molecule has 0 radical (unpaired) electrons. The summed E-state index contributed by atoms with van der Waals surface area (Å²) in [4.78, 5) is 38.5. The second-order valence-electron chi connectivity index (χ2n) is 7.38. The minimum Gasteiger partial charge on any atom is -0.454 e. The number of nitrogens with zero attached hydrogens (tertiary/aromatic N) is 2. The van der Waals surface area contributed by atoms with Crippen LogP contribution in [-0.2, 0) is 29.1 Å². The number of benzene rings is 2. The van der Waals surface area contributed by atoms with Crippen molar-refractivity contribution in [2.75, 3.05) is 29.9 Å². The van der Waals surface area contributed by atoms with Crippen molar-refractivity contribution in [3.63, 3.8) is 0 Å². The lowest BCUT2D eigenvalue weighted by atomic mass is 10.2. The number of rotatable bonds is 5. The second-order valence-corrected chi connectivity index (χ2v) is 9.71. The molecule has 0 unspecified atom stereocenters. The van der Waals surface area contributed by atoms with Crippen molar-refractivity contribution >= 4 is 50.8 Å². The molecule has 2 aliphatic rings. The maximum atomic E-state index is 13.0. The Kier molecular flexibility index (Phi) is 6.18. The van der Waals surface area contributed by atoms with Crippen molar-refractivity contribution in [2.24, 2.45) is 0 Å². The number of carbonyl (C=O) groups excluding carboxylic acids is 3. The molecule has 1 fully saturated rings. The zero-order valence-corrected chi connectivity index (χ0v) is 18.4. The first-order valence-electron chi connectivity index (χ1n) is 9.90. The van der Waals surface area contributed by atoms with E-state index in [1.807, 2.05) is 0 Å². The van der Waals surface area contributed by atoms with Crippen LogP contribution in [-0.4, -0.2) is 56.2 Å². The largest absolute Gasteiger partial charge is 0.454 e. The van der Waals surface area contributed by atoms with Gasteiger partial charge in [0.15, 0.2) is 6.61 Å². The van der Waals surface area contributed by atoms with Crippen LogP contribution in [0.15, 0.2) is 53.4 Å². The van der Waals surface area contributed by atoms with Crippen LogP contribution in [0.4, 0.5) is 11.4 Å². The fraction of sp³-hybridized carbons (Fsp3) is 0.286. The molecule has 32 heavy (non-hydrogen) atoms. The number of anilines is 2. The van der Waals surface area contributed by atoms with Crippen LogP contribution in [0.25, 0.3) is 0 Å². The van der Waals surface area contributed by atoms with Crippen molar-refractivity contribution < 1.29 is 27.5 Å². The van der Waals surface area contributed by atoms with Crippen molar-refractivity contribution in [1.82, 2.24) is 4.31 Å². The van der Waals surface area contributed by atoms with Crippen molar-refractivity contribution in [3.8, 4) is 0 Å². The topological polar surface area (TPSA) is 113 Å². The van der Waals surface area contributed by atoms with Crippen molar-refractivity contribution in [2.45, 2.75) is 23.8 Å². The van der Waals surface area contributed by atoms with Gasteiger partial charge in [-0.05, 0) is 49.2 Å². The van der Waals surface area contributed by atoms with Gasteiger partial charge in [0.05, 0.1) is 16.3 Å². The highest BCUT2D eigenvalue weighted by atomic mass is 35.5. The van der Waals surface area contributed by atoms with Crippen LogP contribution < -0.4 is 10.2 Å². The standard InChI is InChI=1S/C21H20ClN3O6S/c22-14-7-9-15(10-8-14)32(29,30)25-11-3-6-18(25)21(28)31-13-20(27)24-12-19(26)23-16-4-1-2-5-17(16)24/h1-2,4-5,7-10,18H,3,6,11-13H2,(H,23,26)/t18-/m1/s1. The van der Waals surface area contributed by atoms with E-state index >= 15 is 0 Å². The number of sulfonamides is 1. The molecule has 1 atom stereocenters. The SMILES string of the molecule is O=C1CN(C(=O)COC(=O)[C@H]2CCCN2S(=O)(=O)c2ccc(Cl)cc2)c2ccccc2N1. The molecule has 9 nitrogen and oxygen atoms in total. The maximum Gasteiger partial charge on any atom is 0.324 e. The summed E-state index contributed by atoms with van der Waals surface area (Å²) < 4.78 is 32.2. The van der Waals surface area contributed by atoms with Gasteiger partial charge < -0.3 is 10.1 Å². The Bertz CT molecular complexity index is 1170. The van der Waals surface area contributed by atoms with Gasteiger partial charge in [0.1, 0.15) is 12.6 Å². The number of ether oxygens (including phenoxy) is 1. The van der Waals surface area contributed by atoms with Gasteiger partial charge in [0.2, 0.25) is 15.9 Å². The molecule has 2 heterocycles. The number of carbonyl (C=O) groups is 3. The fourth-order valence-electron chi connectivity index (χ4n) is 3.77. The Hall–Kier alpha value is -2.95. The van der Waals surface area contributed by atoms with E-state index in [-0.39, 0.29) is 30.3 Å². The van der Waals surface area contributed by atoms with E-state index in [1.54, 1.807) is 24.3 Å². The number of esters is 1. The second kappa shape index (κ2) is 8.89. The highest BCUT2D eigenvalue weighted by molar-refractivity contribution is 7.89. The van der Waals surface area contributed by atoms with Crippen LogP contribution in [0, 0.1) is 0 Å². The summed E-state index contributed by atoms with van der Waals surface area (Å²) in [5, 5.41) is 3.07. The van der Waals surface area contributed by atoms with E-state index in [9.17, 15) is 22.8 Å². The smallest absolute Gasteiger partial charge is 0.324 e. The molecule has 2 aromatic carbocycles. The molecule has 0 bridgehead atoms. The van der Waals surface area contributed by atoms with Crippen LogP contribution in [0.5, 0.6) is 0 Å². The monoisotopic (exact) mass is 477 g/mol. The Labute approximate surface area is 189 Å². The third kappa shape index (κ3) is 4.34. The lowest BCUT2D eigenvalue weighted by Gasteiger charge is -2.29. The minimum atomic E-state index is -3.93. The highest BCUT2D eigenvalue weighted by Crippen LogP contribution is 2.30. The molecule has 1 saturated heterocycles. The summed E-state index contributed by atoms with van der Waals surface area (Å²) in [6.45, 7) is -0.641. The molecule has 1 N–H and O–H groups in total. The Morgan fingerprint density at radius 2 is 1.84 bits per heavy atom. The Morgan fingerprint density at radius 1 is 1.12 bits per heavy atom. The molecule has 0 aromatic heterocycles. The predicted molar refractivity (Wildman–Crippen MR) is 117 cm³/mol. The number of amides is 2. The third-order valence-corrected chi connectivity index (χ3v) is 7.48. The first kappa shape index (κ1) is 22.3. The molecule has 4 rings (SSSR count). The number of nitrogens with one attached hydrogen (secondary N) is 1. The zero-order chi connectivity index (χ0) is 22.9. The number of hydrogen-bond donors (Lipinski definition) is 1. The quantitative estimate of drug-likeness (QED) is 0.659. The minimum absolute atomic E-state index is 0.0219. The first-order chi connectivity index (χ1) is 15.3. The van der Waals surface area contributed by atoms with Crippen molar-refractivity contribution in [3.05, 3.63) is 53.6 Å². The Balaban J connectivity index is 1.44. The lowest BCUT2D eigenvalue weighted by molar-refractivity contribution is -0.151. The van der Waals surface area contributed by atoms with E-state index in [1.165, 1.54) is 29.2 Å². The molecular weight excluding hydrogens is 458 g/mol. The summed E-state index contributed by atoms with van der Waals surface area (Å²) in [6.07, 6.45) is 0.773. The number of para-hydroxylation sites is 2. The molecule has 2 aromatic rings. The van der Waals surface area contributed by atoms with Crippen LogP contribution in [0.1, 0.15) is 12.8 Å². The highest BCUT2D eigenvalue weighted by Gasteiger charge is 2.41. The van der Waals surface area contributed by atoms with Gasteiger partial charge in [-0.25, -0.2) is 8.42 Å². The molecule has 2 amide bonds. The number of hydrogen-bond acceptors (Lipinski definition) is 6. The third-order valence-electron chi connectivity index (χ3n) is 5.31. The van der Waals surface area contributed by atoms with Gasteiger partial charge in [0, 0.05) is 11.6 Å². The van der Waals surface area contributed by atoms with E-state index in [0.717, 1.165) is 4.31 Å². The van der Waals surface area contributed by atoms with Gasteiger partial charge in [-0.15, -0.1) is 0 Å². The van der Waals surface area contributed by atoms with Gasteiger partial charge in [-0.2, -0.15) is 4.31 Å². The number of halogens is 1.